The zero-order chi connectivity index (χ0) is 12.4. The van der Waals surface area contributed by atoms with Crippen LogP contribution in [0.15, 0.2) is 24.5 Å². The molecule has 90 valence electrons. The molecule has 0 aromatic carbocycles. The third-order valence-electron chi connectivity index (χ3n) is 3.04. The van der Waals surface area contributed by atoms with Crippen molar-refractivity contribution in [2.24, 2.45) is 7.05 Å². The topological polar surface area (TPSA) is 42.7 Å². The summed E-state index contributed by atoms with van der Waals surface area (Å²) in [7, 11) is 1.97. The van der Waals surface area contributed by atoms with E-state index in [2.05, 4.69) is 29.2 Å². The number of hydrogen-bond donors (Lipinski definition) is 1. The molecular formula is C13H18N4. The average molecular weight is 230 g/mol. The summed E-state index contributed by atoms with van der Waals surface area (Å²) in [5.74, 6) is 0. The van der Waals surface area contributed by atoms with E-state index >= 15 is 0 Å². The van der Waals surface area contributed by atoms with Gasteiger partial charge in [0.15, 0.2) is 0 Å². The zero-order valence-electron chi connectivity index (χ0n) is 10.7. The maximum Gasteiger partial charge on any atom is 0.0649 e. The van der Waals surface area contributed by atoms with Gasteiger partial charge in [-0.25, -0.2) is 0 Å². The van der Waals surface area contributed by atoms with Crippen LogP contribution in [0, 0.1) is 13.8 Å². The largest absolute Gasteiger partial charge is 0.377 e. The monoisotopic (exact) mass is 230 g/mol. The SMILES string of the molecule is Cc1nn(C)c(C)c1C(C)Nc1cccnc1. The molecule has 2 heterocycles. The Morgan fingerprint density at radius 1 is 1.35 bits per heavy atom. The molecule has 0 fully saturated rings. The van der Waals surface area contributed by atoms with Gasteiger partial charge in [0.05, 0.1) is 17.4 Å². The molecule has 4 nitrogen and oxygen atoms in total. The Kier molecular flexibility index (Phi) is 3.13. The van der Waals surface area contributed by atoms with Gasteiger partial charge in [-0.15, -0.1) is 0 Å². The van der Waals surface area contributed by atoms with Gasteiger partial charge in [-0.3, -0.25) is 9.67 Å². The van der Waals surface area contributed by atoms with E-state index in [1.54, 1.807) is 6.20 Å². The Morgan fingerprint density at radius 3 is 2.65 bits per heavy atom. The van der Waals surface area contributed by atoms with Gasteiger partial charge in [0.2, 0.25) is 0 Å². The van der Waals surface area contributed by atoms with Crippen LogP contribution in [0.2, 0.25) is 0 Å². The van der Waals surface area contributed by atoms with Crippen molar-refractivity contribution in [3.8, 4) is 0 Å². The molecule has 0 amide bonds. The van der Waals surface area contributed by atoms with E-state index in [1.165, 1.54) is 11.3 Å². The Balaban J connectivity index is 2.23. The van der Waals surface area contributed by atoms with Crippen LogP contribution in [-0.2, 0) is 7.05 Å². The summed E-state index contributed by atoms with van der Waals surface area (Å²) in [6.07, 6.45) is 3.61. The number of nitrogens with one attached hydrogen (secondary N) is 1. The lowest BCUT2D eigenvalue weighted by Crippen LogP contribution is -2.09. The Hall–Kier alpha value is -1.84. The molecule has 17 heavy (non-hydrogen) atoms. The average Bonchev–Trinajstić information content (AvgIpc) is 2.54. The lowest BCUT2D eigenvalue weighted by Gasteiger charge is -2.15. The maximum absolute atomic E-state index is 4.43. The quantitative estimate of drug-likeness (QED) is 0.881. The minimum absolute atomic E-state index is 0.230. The molecule has 0 spiro atoms. The molecule has 2 aromatic heterocycles. The minimum Gasteiger partial charge on any atom is -0.377 e. The molecule has 2 aromatic rings. The van der Waals surface area contributed by atoms with Crippen LogP contribution in [-0.4, -0.2) is 14.8 Å². The van der Waals surface area contributed by atoms with E-state index in [-0.39, 0.29) is 6.04 Å². The molecule has 0 radical (unpaired) electrons. The molecule has 0 aliphatic carbocycles. The second kappa shape index (κ2) is 4.57. The highest BCUT2D eigenvalue weighted by atomic mass is 15.3. The predicted molar refractivity (Wildman–Crippen MR) is 69.0 cm³/mol. The lowest BCUT2D eigenvalue weighted by molar-refractivity contribution is 0.728. The number of aryl methyl sites for hydroxylation is 2. The number of aromatic nitrogens is 3. The van der Waals surface area contributed by atoms with Crippen LogP contribution < -0.4 is 5.32 Å². The summed E-state index contributed by atoms with van der Waals surface area (Å²) in [4.78, 5) is 4.10. The number of rotatable bonds is 3. The predicted octanol–water partition coefficient (Wildman–Crippen LogP) is 2.61. The van der Waals surface area contributed by atoms with Gasteiger partial charge in [0, 0.05) is 30.7 Å². The summed E-state index contributed by atoms with van der Waals surface area (Å²) in [6.45, 7) is 6.28. The van der Waals surface area contributed by atoms with Gasteiger partial charge < -0.3 is 5.32 Å². The van der Waals surface area contributed by atoms with Crippen LogP contribution in [0.3, 0.4) is 0 Å². The fourth-order valence-corrected chi connectivity index (χ4v) is 2.19. The van der Waals surface area contributed by atoms with Crippen molar-refractivity contribution in [2.75, 3.05) is 5.32 Å². The number of anilines is 1. The second-order valence-corrected chi connectivity index (χ2v) is 4.32. The lowest BCUT2D eigenvalue weighted by atomic mass is 10.1. The molecule has 4 heteroatoms. The van der Waals surface area contributed by atoms with Crippen molar-refractivity contribution in [2.45, 2.75) is 26.8 Å². The van der Waals surface area contributed by atoms with Crippen molar-refractivity contribution in [3.63, 3.8) is 0 Å². The summed E-state index contributed by atoms with van der Waals surface area (Å²) < 4.78 is 1.92. The molecule has 0 aliphatic heterocycles. The van der Waals surface area contributed by atoms with Crippen LogP contribution in [0.25, 0.3) is 0 Å². The van der Waals surface area contributed by atoms with E-state index in [0.29, 0.717) is 0 Å². The highest BCUT2D eigenvalue weighted by Crippen LogP contribution is 2.24. The van der Waals surface area contributed by atoms with E-state index < -0.39 is 0 Å². The minimum atomic E-state index is 0.230. The van der Waals surface area contributed by atoms with Gasteiger partial charge in [0.1, 0.15) is 0 Å². The van der Waals surface area contributed by atoms with Gasteiger partial charge in [-0.2, -0.15) is 5.10 Å². The van der Waals surface area contributed by atoms with Crippen molar-refractivity contribution < 1.29 is 0 Å². The highest BCUT2D eigenvalue weighted by Gasteiger charge is 2.15. The Morgan fingerprint density at radius 2 is 2.12 bits per heavy atom. The van der Waals surface area contributed by atoms with Crippen molar-refractivity contribution in [1.29, 1.82) is 0 Å². The van der Waals surface area contributed by atoms with Crippen LogP contribution in [0.1, 0.15) is 29.9 Å². The molecule has 1 N–H and O–H groups in total. The first kappa shape index (κ1) is 11.6. The van der Waals surface area contributed by atoms with Gasteiger partial charge in [0.25, 0.3) is 0 Å². The fourth-order valence-electron chi connectivity index (χ4n) is 2.19. The Bertz CT molecular complexity index is 502. The number of hydrogen-bond acceptors (Lipinski definition) is 3. The molecule has 1 unspecified atom stereocenters. The molecule has 0 bridgehead atoms. The smallest absolute Gasteiger partial charge is 0.0649 e. The standard InChI is InChI=1S/C13H18N4/c1-9(15-12-6-5-7-14-8-12)13-10(2)16-17(4)11(13)3/h5-9,15H,1-4H3. The van der Waals surface area contributed by atoms with Crippen molar-refractivity contribution in [3.05, 3.63) is 41.5 Å². The summed E-state index contributed by atoms with van der Waals surface area (Å²) in [6, 6.07) is 4.18. The number of nitrogens with zero attached hydrogens (tertiary/aromatic N) is 3. The van der Waals surface area contributed by atoms with Crippen LogP contribution in [0.5, 0.6) is 0 Å². The first-order valence-electron chi connectivity index (χ1n) is 5.76. The van der Waals surface area contributed by atoms with E-state index in [1.807, 2.05) is 37.0 Å². The molecule has 2 rings (SSSR count). The molecular weight excluding hydrogens is 212 g/mol. The van der Waals surface area contributed by atoms with Gasteiger partial charge >= 0.3 is 0 Å². The fraction of sp³-hybridized carbons (Fsp3) is 0.385. The molecule has 1 atom stereocenters. The molecule has 0 saturated carbocycles. The zero-order valence-corrected chi connectivity index (χ0v) is 10.7. The van der Waals surface area contributed by atoms with Crippen molar-refractivity contribution in [1.82, 2.24) is 14.8 Å². The van der Waals surface area contributed by atoms with Gasteiger partial charge in [-0.1, -0.05) is 0 Å². The van der Waals surface area contributed by atoms with E-state index in [9.17, 15) is 0 Å². The summed E-state index contributed by atoms with van der Waals surface area (Å²) in [5, 5.41) is 7.87. The first-order valence-corrected chi connectivity index (χ1v) is 5.76. The van der Waals surface area contributed by atoms with E-state index in [0.717, 1.165) is 11.4 Å². The third-order valence-corrected chi connectivity index (χ3v) is 3.04. The van der Waals surface area contributed by atoms with Crippen LogP contribution in [0.4, 0.5) is 5.69 Å². The second-order valence-electron chi connectivity index (χ2n) is 4.32. The van der Waals surface area contributed by atoms with Gasteiger partial charge in [-0.05, 0) is 32.9 Å². The van der Waals surface area contributed by atoms with E-state index in [4.69, 9.17) is 0 Å². The third kappa shape index (κ3) is 2.30. The van der Waals surface area contributed by atoms with Crippen molar-refractivity contribution >= 4 is 5.69 Å². The normalized spacial score (nSPS) is 12.5. The summed E-state index contributed by atoms with van der Waals surface area (Å²) >= 11 is 0. The number of pyridine rings is 1. The first-order chi connectivity index (χ1) is 8.09. The molecule has 0 aliphatic rings. The molecule has 0 saturated heterocycles. The van der Waals surface area contributed by atoms with Crippen LogP contribution >= 0.6 is 0 Å². The summed E-state index contributed by atoms with van der Waals surface area (Å²) in [5.41, 5.74) is 4.57. The highest BCUT2D eigenvalue weighted by molar-refractivity contribution is 5.44. The Labute approximate surface area is 102 Å². The maximum atomic E-state index is 4.43.